The molecule has 1 heterocycles. The molecule has 1 atom stereocenters. The van der Waals surface area contributed by atoms with E-state index in [9.17, 15) is 13.2 Å². The average Bonchev–Trinajstić information content (AvgIpc) is 3.22. The van der Waals surface area contributed by atoms with E-state index in [4.69, 9.17) is 0 Å². The molecule has 0 saturated carbocycles. The number of likely N-dealkylation sites (tertiary alicyclic amines) is 1. The highest BCUT2D eigenvalue weighted by Gasteiger charge is 2.30. The van der Waals surface area contributed by atoms with Crippen LogP contribution in [0.25, 0.3) is 0 Å². The van der Waals surface area contributed by atoms with Crippen molar-refractivity contribution in [1.82, 2.24) is 9.62 Å². The minimum atomic E-state index is -3.78. The van der Waals surface area contributed by atoms with Gasteiger partial charge in [-0.3, -0.25) is 4.79 Å². The van der Waals surface area contributed by atoms with Crippen LogP contribution in [0, 0.1) is 0 Å². The Labute approximate surface area is 161 Å². The molecule has 6 heteroatoms. The van der Waals surface area contributed by atoms with E-state index in [2.05, 4.69) is 4.72 Å². The molecular weight excluding hydrogens is 360 g/mol. The molecule has 0 aliphatic carbocycles. The predicted molar refractivity (Wildman–Crippen MR) is 106 cm³/mol. The third kappa shape index (κ3) is 4.96. The zero-order chi connectivity index (χ0) is 19.3. The zero-order valence-corrected chi connectivity index (χ0v) is 16.4. The fourth-order valence-corrected chi connectivity index (χ4v) is 4.54. The molecule has 144 valence electrons. The third-order valence-corrected chi connectivity index (χ3v) is 6.43. The fraction of sp³-hybridized carbons (Fsp3) is 0.381. The van der Waals surface area contributed by atoms with Gasteiger partial charge in [0.1, 0.15) is 6.04 Å². The zero-order valence-electron chi connectivity index (χ0n) is 15.6. The summed E-state index contributed by atoms with van der Waals surface area (Å²) in [5.41, 5.74) is 2.00. The molecule has 1 saturated heterocycles. The monoisotopic (exact) mass is 386 g/mol. The molecule has 1 aliphatic rings. The molecule has 1 fully saturated rings. The topological polar surface area (TPSA) is 66.5 Å². The van der Waals surface area contributed by atoms with Crippen LogP contribution in [0.2, 0.25) is 0 Å². The Morgan fingerprint density at radius 1 is 1.00 bits per heavy atom. The van der Waals surface area contributed by atoms with Crippen molar-refractivity contribution in [3.05, 3.63) is 65.7 Å². The van der Waals surface area contributed by atoms with Gasteiger partial charge in [0.2, 0.25) is 15.9 Å². The number of nitrogens with one attached hydrogen (secondary N) is 1. The van der Waals surface area contributed by atoms with Crippen molar-refractivity contribution in [1.29, 1.82) is 0 Å². The van der Waals surface area contributed by atoms with E-state index < -0.39 is 16.1 Å². The molecule has 2 aromatic carbocycles. The molecule has 2 aromatic rings. The van der Waals surface area contributed by atoms with Crippen LogP contribution in [0.5, 0.6) is 0 Å². The van der Waals surface area contributed by atoms with Crippen molar-refractivity contribution in [3.63, 3.8) is 0 Å². The van der Waals surface area contributed by atoms with Gasteiger partial charge in [0.15, 0.2) is 0 Å². The first-order valence-electron chi connectivity index (χ1n) is 9.43. The lowest BCUT2D eigenvalue weighted by molar-refractivity contribution is -0.131. The average molecular weight is 387 g/mol. The Bertz CT molecular complexity index is 858. The number of hydrogen-bond donors (Lipinski definition) is 1. The maximum Gasteiger partial charge on any atom is 0.241 e. The molecule has 1 N–H and O–H groups in total. The second-order valence-corrected chi connectivity index (χ2v) is 8.61. The third-order valence-electron chi connectivity index (χ3n) is 4.94. The summed E-state index contributed by atoms with van der Waals surface area (Å²) in [7, 11) is -3.78. The highest BCUT2D eigenvalue weighted by molar-refractivity contribution is 7.89. The van der Waals surface area contributed by atoms with Crippen molar-refractivity contribution < 1.29 is 13.2 Å². The first kappa shape index (κ1) is 19.6. The fourth-order valence-electron chi connectivity index (χ4n) is 3.35. The van der Waals surface area contributed by atoms with Crippen LogP contribution in [-0.2, 0) is 27.7 Å². The van der Waals surface area contributed by atoms with E-state index in [0.717, 1.165) is 30.4 Å². The number of nitrogens with zero attached hydrogens (tertiary/aromatic N) is 1. The summed E-state index contributed by atoms with van der Waals surface area (Å²) < 4.78 is 28.4. The van der Waals surface area contributed by atoms with Crippen LogP contribution >= 0.6 is 0 Å². The number of benzene rings is 2. The number of sulfonamides is 1. The maximum atomic E-state index is 13.0. The number of amides is 1. The maximum absolute atomic E-state index is 13.0. The molecule has 3 rings (SSSR count). The normalized spacial score (nSPS) is 15.7. The number of rotatable bonds is 7. The molecule has 0 bridgehead atoms. The molecule has 0 unspecified atom stereocenters. The van der Waals surface area contributed by atoms with Gasteiger partial charge in [-0.2, -0.15) is 4.72 Å². The van der Waals surface area contributed by atoms with Crippen LogP contribution in [-0.4, -0.2) is 38.4 Å². The van der Waals surface area contributed by atoms with Crippen LogP contribution in [0.1, 0.15) is 30.9 Å². The van der Waals surface area contributed by atoms with Crippen LogP contribution in [0.4, 0.5) is 0 Å². The smallest absolute Gasteiger partial charge is 0.241 e. The van der Waals surface area contributed by atoms with Gasteiger partial charge in [0.25, 0.3) is 0 Å². The number of aryl methyl sites for hydroxylation is 1. The standard InChI is InChI=1S/C21H26N2O3S/c1-2-17-10-12-19(13-11-17)27(25,26)22-20(16-18-8-4-3-5-9-18)21(24)23-14-6-7-15-23/h3-5,8-13,20,22H,2,6-7,14-16H2,1H3/t20-/m0/s1. The molecule has 1 amide bonds. The molecule has 0 aromatic heterocycles. The van der Waals surface area contributed by atoms with Crippen molar-refractivity contribution >= 4 is 15.9 Å². The Hall–Kier alpha value is -2.18. The summed E-state index contributed by atoms with van der Waals surface area (Å²) in [6.07, 6.45) is 3.12. The van der Waals surface area contributed by atoms with Gasteiger partial charge in [0.05, 0.1) is 4.90 Å². The van der Waals surface area contributed by atoms with Gasteiger partial charge >= 0.3 is 0 Å². The first-order valence-corrected chi connectivity index (χ1v) is 10.9. The van der Waals surface area contributed by atoms with E-state index in [0.29, 0.717) is 19.5 Å². The van der Waals surface area contributed by atoms with E-state index in [1.807, 2.05) is 49.4 Å². The quantitative estimate of drug-likeness (QED) is 0.796. The predicted octanol–water partition coefficient (Wildman–Crippen LogP) is 2.76. The molecule has 27 heavy (non-hydrogen) atoms. The van der Waals surface area contributed by atoms with Gasteiger partial charge < -0.3 is 4.90 Å². The van der Waals surface area contributed by atoms with Crippen molar-refractivity contribution in [2.75, 3.05) is 13.1 Å². The number of carbonyl (C=O) groups is 1. The second kappa shape index (κ2) is 8.67. The largest absolute Gasteiger partial charge is 0.341 e. The highest BCUT2D eigenvalue weighted by atomic mass is 32.2. The van der Waals surface area contributed by atoms with E-state index >= 15 is 0 Å². The Morgan fingerprint density at radius 3 is 2.22 bits per heavy atom. The summed E-state index contributed by atoms with van der Waals surface area (Å²) in [5, 5.41) is 0. The Morgan fingerprint density at radius 2 is 1.63 bits per heavy atom. The van der Waals surface area contributed by atoms with Crippen LogP contribution in [0.3, 0.4) is 0 Å². The number of hydrogen-bond acceptors (Lipinski definition) is 3. The highest BCUT2D eigenvalue weighted by Crippen LogP contribution is 2.16. The Balaban J connectivity index is 1.83. The SMILES string of the molecule is CCc1ccc(S(=O)(=O)N[C@@H](Cc2ccccc2)C(=O)N2CCCC2)cc1. The lowest BCUT2D eigenvalue weighted by Gasteiger charge is -2.24. The van der Waals surface area contributed by atoms with Gasteiger partial charge in [-0.05, 0) is 48.9 Å². The van der Waals surface area contributed by atoms with E-state index in [-0.39, 0.29) is 10.8 Å². The van der Waals surface area contributed by atoms with Crippen molar-refractivity contribution in [2.24, 2.45) is 0 Å². The van der Waals surface area contributed by atoms with Crippen LogP contribution < -0.4 is 4.72 Å². The molecule has 5 nitrogen and oxygen atoms in total. The lowest BCUT2D eigenvalue weighted by atomic mass is 10.1. The summed E-state index contributed by atoms with van der Waals surface area (Å²) in [4.78, 5) is 14.9. The molecular formula is C21H26N2O3S. The van der Waals surface area contributed by atoms with Crippen molar-refractivity contribution in [3.8, 4) is 0 Å². The van der Waals surface area contributed by atoms with E-state index in [1.54, 1.807) is 17.0 Å². The number of carbonyl (C=O) groups excluding carboxylic acids is 1. The Kier molecular flexibility index (Phi) is 6.29. The molecule has 0 radical (unpaired) electrons. The first-order chi connectivity index (χ1) is 13.0. The minimum absolute atomic E-state index is 0.148. The summed E-state index contributed by atoms with van der Waals surface area (Å²) >= 11 is 0. The summed E-state index contributed by atoms with van der Waals surface area (Å²) in [6, 6.07) is 15.5. The minimum Gasteiger partial charge on any atom is -0.341 e. The molecule has 1 aliphatic heterocycles. The lowest BCUT2D eigenvalue weighted by Crippen LogP contribution is -2.48. The second-order valence-electron chi connectivity index (χ2n) is 6.89. The van der Waals surface area contributed by atoms with Crippen molar-refractivity contribution in [2.45, 2.75) is 43.5 Å². The van der Waals surface area contributed by atoms with E-state index in [1.165, 1.54) is 0 Å². The van der Waals surface area contributed by atoms with Crippen LogP contribution in [0.15, 0.2) is 59.5 Å². The summed E-state index contributed by atoms with van der Waals surface area (Å²) in [6.45, 7) is 3.40. The van der Waals surface area contributed by atoms with Gasteiger partial charge in [-0.25, -0.2) is 8.42 Å². The van der Waals surface area contributed by atoms with Gasteiger partial charge in [-0.15, -0.1) is 0 Å². The van der Waals surface area contributed by atoms with Gasteiger partial charge in [-0.1, -0.05) is 49.4 Å². The van der Waals surface area contributed by atoms with Gasteiger partial charge in [0, 0.05) is 13.1 Å². The summed E-state index contributed by atoms with van der Waals surface area (Å²) in [5.74, 6) is -0.148. The molecule has 0 spiro atoms.